The number of hydrogen-bond donors (Lipinski definition) is 1. The minimum atomic E-state index is -1.36. The third kappa shape index (κ3) is 3.09. The number of carbonyl (C=O) groups excluding carboxylic acids is 2. The molecule has 22 heavy (non-hydrogen) atoms. The quantitative estimate of drug-likeness (QED) is 0.679. The Kier molecular flexibility index (Phi) is 4.17. The summed E-state index contributed by atoms with van der Waals surface area (Å²) in [5.41, 5.74) is 0.413. The van der Waals surface area contributed by atoms with E-state index in [4.69, 9.17) is 0 Å². The number of hydrogen-bond acceptors (Lipinski definition) is 5. The Morgan fingerprint density at radius 2 is 1.82 bits per heavy atom. The topological polar surface area (TPSA) is 112 Å². The zero-order chi connectivity index (χ0) is 16.3. The third-order valence-electron chi connectivity index (χ3n) is 3.10. The summed E-state index contributed by atoms with van der Waals surface area (Å²) < 4.78 is 0. The van der Waals surface area contributed by atoms with Crippen LogP contribution >= 0.6 is 0 Å². The summed E-state index contributed by atoms with van der Waals surface area (Å²) in [5, 5.41) is 24.2. The average Bonchev–Trinajstić information content (AvgIpc) is 2.47. The molecule has 0 heterocycles. The molecule has 7 heteroatoms. The zero-order valence-corrected chi connectivity index (χ0v) is 11.5. The van der Waals surface area contributed by atoms with Crippen LogP contribution in [0.15, 0.2) is 42.5 Å². The van der Waals surface area contributed by atoms with Crippen molar-refractivity contribution >= 4 is 23.3 Å². The lowest BCUT2D eigenvalue weighted by atomic mass is 10.1. The molecule has 0 atom stereocenters. The van der Waals surface area contributed by atoms with Gasteiger partial charge in [-0.3, -0.25) is 14.9 Å². The lowest BCUT2D eigenvalue weighted by molar-refractivity contribution is -0.385. The smallest absolute Gasteiger partial charge is 0.273 e. The molecule has 1 amide bonds. The van der Waals surface area contributed by atoms with E-state index in [1.165, 1.54) is 49.4 Å². The normalized spacial score (nSPS) is 10.0. The van der Waals surface area contributed by atoms with Gasteiger partial charge in [-0.05, 0) is 30.7 Å². The van der Waals surface area contributed by atoms with Crippen LogP contribution in [0.4, 0.5) is 11.4 Å². The van der Waals surface area contributed by atoms with Crippen molar-refractivity contribution in [2.24, 2.45) is 0 Å². The fourth-order valence-electron chi connectivity index (χ4n) is 1.99. The van der Waals surface area contributed by atoms with Crippen LogP contribution in [0.1, 0.15) is 26.3 Å². The van der Waals surface area contributed by atoms with Gasteiger partial charge in [0.25, 0.3) is 11.6 Å². The van der Waals surface area contributed by atoms with Crippen LogP contribution in [0.2, 0.25) is 0 Å². The van der Waals surface area contributed by atoms with Crippen LogP contribution in [0.5, 0.6) is 0 Å². The number of amides is 1. The van der Waals surface area contributed by atoms with E-state index in [1.807, 2.05) is 0 Å². The predicted octanol–water partition coefficient (Wildman–Crippen LogP) is 1.52. The van der Waals surface area contributed by atoms with Gasteiger partial charge in [0.2, 0.25) is 0 Å². The standard InChI is InChI=1S/C15H12N2O5/c1-9-12(6-3-7-13(9)17(21)22)14(18)16-11-5-2-4-10(8-11)15(19)20/h2-8H,1H3,(H,16,18)(H,19,20)/p-1. The zero-order valence-electron chi connectivity index (χ0n) is 11.5. The predicted molar refractivity (Wildman–Crippen MR) is 76.6 cm³/mol. The van der Waals surface area contributed by atoms with Crippen molar-refractivity contribution in [1.82, 2.24) is 0 Å². The molecule has 0 aromatic heterocycles. The number of carboxylic acid groups (broad SMARTS) is 1. The summed E-state index contributed by atoms with van der Waals surface area (Å²) in [6.07, 6.45) is 0. The maximum Gasteiger partial charge on any atom is 0.273 e. The summed E-state index contributed by atoms with van der Waals surface area (Å²) in [4.78, 5) is 33.3. The van der Waals surface area contributed by atoms with Crippen molar-refractivity contribution < 1.29 is 19.6 Å². The fraction of sp³-hybridized carbons (Fsp3) is 0.0667. The summed E-state index contributed by atoms with van der Waals surface area (Å²) in [5.74, 6) is -1.92. The number of nitrogens with one attached hydrogen (secondary N) is 1. The van der Waals surface area contributed by atoms with E-state index >= 15 is 0 Å². The molecule has 0 fully saturated rings. The highest BCUT2D eigenvalue weighted by Gasteiger charge is 2.18. The van der Waals surface area contributed by atoms with Crippen molar-refractivity contribution in [3.8, 4) is 0 Å². The summed E-state index contributed by atoms with van der Waals surface area (Å²) in [6, 6.07) is 9.74. The van der Waals surface area contributed by atoms with Crippen molar-refractivity contribution in [2.75, 3.05) is 5.32 Å². The van der Waals surface area contributed by atoms with Gasteiger partial charge in [0, 0.05) is 22.9 Å². The van der Waals surface area contributed by atoms with Crippen molar-refractivity contribution in [3.63, 3.8) is 0 Å². The van der Waals surface area contributed by atoms with Crippen LogP contribution in [-0.2, 0) is 0 Å². The Morgan fingerprint density at radius 3 is 2.45 bits per heavy atom. The molecule has 0 spiro atoms. The molecule has 2 rings (SSSR count). The first-order valence-corrected chi connectivity index (χ1v) is 6.27. The molecule has 1 N–H and O–H groups in total. The largest absolute Gasteiger partial charge is 0.545 e. The third-order valence-corrected chi connectivity index (χ3v) is 3.10. The van der Waals surface area contributed by atoms with E-state index in [-0.39, 0.29) is 28.1 Å². The Hall–Kier alpha value is -3.22. The van der Waals surface area contributed by atoms with E-state index in [0.717, 1.165) is 0 Å². The van der Waals surface area contributed by atoms with Crippen molar-refractivity contribution in [3.05, 3.63) is 69.3 Å². The number of nitro benzene ring substituents is 1. The molecule has 0 saturated heterocycles. The molecule has 0 saturated carbocycles. The maximum atomic E-state index is 12.2. The van der Waals surface area contributed by atoms with Gasteiger partial charge in [-0.1, -0.05) is 18.2 Å². The number of nitro groups is 1. The van der Waals surface area contributed by atoms with Crippen LogP contribution < -0.4 is 10.4 Å². The van der Waals surface area contributed by atoms with Gasteiger partial charge in [-0.2, -0.15) is 0 Å². The van der Waals surface area contributed by atoms with Crippen LogP contribution in [0.3, 0.4) is 0 Å². The number of anilines is 1. The Balaban J connectivity index is 2.30. The maximum absolute atomic E-state index is 12.2. The van der Waals surface area contributed by atoms with Crippen LogP contribution in [0.25, 0.3) is 0 Å². The molecule has 0 radical (unpaired) electrons. The molecular weight excluding hydrogens is 288 g/mol. The van der Waals surface area contributed by atoms with E-state index < -0.39 is 16.8 Å². The molecule has 2 aromatic rings. The fourth-order valence-corrected chi connectivity index (χ4v) is 1.99. The van der Waals surface area contributed by atoms with Gasteiger partial charge in [0.15, 0.2) is 0 Å². The molecule has 2 aromatic carbocycles. The van der Waals surface area contributed by atoms with Gasteiger partial charge in [0.05, 0.1) is 10.9 Å². The van der Waals surface area contributed by atoms with Gasteiger partial charge in [-0.15, -0.1) is 0 Å². The highest BCUT2D eigenvalue weighted by molar-refractivity contribution is 6.06. The molecular formula is C15H11N2O5-. The van der Waals surface area contributed by atoms with Crippen molar-refractivity contribution in [1.29, 1.82) is 0 Å². The second-order valence-electron chi connectivity index (χ2n) is 4.53. The molecule has 0 aliphatic heterocycles. The molecule has 0 aliphatic rings. The van der Waals surface area contributed by atoms with Gasteiger partial charge >= 0.3 is 0 Å². The van der Waals surface area contributed by atoms with Crippen LogP contribution in [0, 0.1) is 17.0 Å². The number of aromatic carboxylic acids is 1. The molecule has 112 valence electrons. The molecule has 0 aliphatic carbocycles. The summed E-state index contributed by atoms with van der Waals surface area (Å²) in [7, 11) is 0. The lowest BCUT2D eigenvalue weighted by Crippen LogP contribution is -2.22. The number of rotatable bonds is 4. The molecule has 7 nitrogen and oxygen atoms in total. The van der Waals surface area contributed by atoms with E-state index in [1.54, 1.807) is 0 Å². The van der Waals surface area contributed by atoms with E-state index in [9.17, 15) is 24.8 Å². The van der Waals surface area contributed by atoms with Crippen LogP contribution in [-0.4, -0.2) is 16.8 Å². The second-order valence-corrected chi connectivity index (χ2v) is 4.53. The van der Waals surface area contributed by atoms with E-state index in [2.05, 4.69) is 5.32 Å². The Morgan fingerprint density at radius 1 is 1.14 bits per heavy atom. The first-order chi connectivity index (χ1) is 10.4. The minimum absolute atomic E-state index is 0.0754. The number of nitrogens with zero attached hydrogens (tertiary/aromatic N) is 1. The lowest BCUT2D eigenvalue weighted by Gasteiger charge is -2.09. The van der Waals surface area contributed by atoms with E-state index in [0.29, 0.717) is 0 Å². The Bertz CT molecular complexity index is 770. The highest BCUT2D eigenvalue weighted by atomic mass is 16.6. The summed E-state index contributed by atoms with van der Waals surface area (Å²) in [6.45, 7) is 1.48. The van der Waals surface area contributed by atoms with Gasteiger partial charge in [0.1, 0.15) is 0 Å². The monoisotopic (exact) mass is 299 g/mol. The number of carbonyl (C=O) groups is 2. The second kappa shape index (κ2) is 6.04. The number of carboxylic acids is 1. The minimum Gasteiger partial charge on any atom is -0.545 e. The first kappa shape index (κ1) is 15.2. The molecule has 0 bridgehead atoms. The van der Waals surface area contributed by atoms with Crippen molar-refractivity contribution in [2.45, 2.75) is 6.92 Å². The van der Waals surface area contributed by atoms with Gasteiger partial charge in [-0.25, -0.2) is 0 Å². The molecule has 0 unspecified atom stereocenters. The Labute approximate surface area is 125 Å². The highest BCUT2D eigenvalue weighted by Crippen LogP contribution is 2.22. The first-order valence-electron chi connectivity index (χ1n) is 6.27. The van der Waals surface area contributed by atoms with Gasteiger partial charge < -0.3 is 15.2 Å². The summed E-state index contributed by atoms with van der Waals surface area (Å²) >= 11 is 0. The number of benzene rings is 2. The average molecular weight is 299 g/mol. The SMILES string of the molecule is Cc1c(C(=O)Nc2cccc(C(=O)[O-])c2)cccc1[N+](=O)[O-].